The molecule has 2 heterocycles. The number of nitrogens with zero attached hydrogens (tertiary/aromatic N) is 1. The lowest BCUT2D eigenvalue weighted by molar-refractivity contribution is -0.0504. The molecule has 1 fully saturated rings. The molecule has 142 valence electrons. The van der Waals surface area contributed by atoms with E-state index in [1.165, 1.54) is 0 Å². The fraction of sp³-hybridized carbons (Fsp3) is 0.550. The summed E-state index contributed by atoms with van der Waals surface area (Å²) in [5.41, 5.74) is 1.37. The van der Waals surface area contributed by atoms with Gasteiger partial charge in [-0.05, 0) is 58.1 Å². The lowest BCUT2D eigenvalue weighted by atomic mass is 9.95. The first-order chi connectivity index (χ1) is 12.2. The monoisotopic (exact) mass is 365 g/mol. The molecule has 4 nitrogen and oxygen atoms in total. The summed E-state index contributed by atoms with van der Waals surface area (Å²) >= 11 is 0. The Labute approximate surface area is 152 Å². The maximum Gasteiger partial charge on any atom is 0.411 e. The zero-order valence-electron chi connectivity index (χ0n) is 15.4. The number of hydrogen-bond donors (Lipinski definition) is 0. The second-order valence-corrected chi connectivity index (χ2v) is 7.88. The lowest BCUT2D eigenvalue weighted by Gasteiger charge is -2.35. The van der Waals surface area contributed by atoms with Gasteiger partial charge in [-0.1, -0.05) is 29.8 Å². The molecule has 0 aromatic heterocycles. The van der Waals surface area contributed by atoms with E-state index in [1.807, 2.05) is 31.7 Å². The normalized spacial score (nSPS) is 22.4. The summed E-state index contributed by atoms with van der Waals surface area (Å²) in [6.07, 6.45) is 4.94. The molecule has 0 aliphatic carbocycles. The van der Waals surface area contributed by atoms with E-state index in [0.29, 0.717) is 6.42 Å². The van der Waals surface area contributed by atoms with Gasteiger partial charge in [-0.2, -0.15) is 8.78 Å². The molecule has 0 N–H and O–H groups in total. The third-order valence-corrected chi connectivity index (χ3v) is 4.68. The topological polar surface area (TPSA) is 38.8 Å². The van der Waals surface area contributed by atoms with Crippen molar-refractivity contribution in [3.05, 3.63) is 41.5 Å². The molecule has 1 amide bonds. The van der Waals surface area contributed by atoms with Gasteiger partial charge in [-0.25, -0.2) is 4.79 Å². The van der Waals surface area contributed by atoms with Gasteiger partial charge in [-0.15, -0.1) is 0 Å². The second-order valence-electron chi connectivity index (χ2n) is 7.88. The predicted octanol–water partition coefficient (Wildman–Crippen LogP) is 4.93. The van der Waals surface area contributed by atoms with E-state index in [4.69, 9.17) is 4.74 Å². The molecular weight excluding hydrogens is 340 g/mol. The molecule has 0 radical (unpaired) electrons. The number of amides is 1. The maximum absolute atomic E-state index is 12.6. The first-order valence-corrected chi connectivity index (χ1v) is 8.96. The number of fused-ring (bicyclic) bond motifs is 2. The van der Waals surface area contributed by atoms with Crippen LogP contribution in [0.3, 0.4) is 0 Å². The van der Waals surface area contributed by atoms with Crippen LogP contribution in [0.1, 0.15) is 45.6 Å². The van der Waals surface area contributed by atoms with Crippen molar-refractivity contribution in [2.24, 2.45) is 0 Å². The highest BCUT2D eigenvalue weighted by Crippen LogP contribution is 2.37. The molecule has 3 rings (SSSR count). The van der Waals surface area contributed by atoms with Crippen molar-refractivity contribution >= 4 is 6.09 Å². The number of para-hydroxylation sites is 1. The second kappa shape index (κ2) is 7.25. The summed E-state index contributed by atoms with van der Waals surface area (Å²) in [6, 6.07) is 7.00. The van der Waals surface area contributed by atoms with Crippen molar-refractivity contribution in [1.82, 2.24) is 4.90 Å². The van der Waals surface area contributed by atoms with Gasteiger partial charge in [0, 0.05) is 6.04 Å². The Morgan fingerprint density at radius 1 is 1.27 bits per heavy atom. The molecule has 26 heavy (non-hydrogen) atoms. The van der Waals surface area contributed by atoms with Crippen LogP contribution in [0.4, 0.5) is 13.6 Å². The van der Waals surface area contributed by atoms with Crippen LogP contribution in [0.15, 0.2) is 35.9 Å². The van der Waals surface area contributed by atoms with Gasteiger partial charge in [0.1, 0.15) is 11.4 Å². The number of halogens is 2. The fourth-order valence-corrected chi connectivity index (χ4v) is 3.75. The summed E-state index contributed by atoms with van der Waals surface area (Å²) in [6.45, 7) is 2.74. The van der Waals surface area contributed by atoms with E-state index < -0.39 is 12.2 Å². The van der Waals surface area contributed by atoms with E-state index >= 15 is 0 Å². The maximum atomic E-state index is 12.6. The number of carbonyl (C=O) groups excluding carboxylic acids is 1. The molecular formula is C20H25F2NO3. The van der Waals surface area contributed by atoms with Crippen molar-refractivity contribution < 1.29 is 23.0 Å². The van der Waals surface area contributed by atoms with Crippen molar-refractivity contribution in [3.63, 3.8) is 0 Å². The Balaban J connectivity index is 1.73. The van der Waals surface area contributed by atoms with Crippen LogP contribution in [0.5, 0.6) is 5.75 Å². The van der Waals surface area contributed by atoms with Crippen LogP contribution < -0.4 is 4.74 Å². The smallest absolute Gasteiger partial charge is 0.411 e. The minimum absolute atomic E-state index is 0.0155. The minimum atomic E-state index is -2.84. The van der Waals surface area contributed by atoms with Gasteiger partial charge >= 0.3 is 12.7 Å². The average Bonchev–Trinajstić information content (AvgIpc) is 2.79. The van der Waals surface area contributed by atoms with E-state index in [2.05, 4.69) is 10.8 Å². The van der Waals surface area contributed by atoms with E-state index in [0.717, 1.165) is 30.4 Å². The third kappa shape index (κ3) is 4.34. The number of hydrogen-bond acceptors (Lipinski definition) is 3. The number of alkyl halides is 2. The quantitative estimate of drug-likeness (QED) is 0.710. The highest BCUT2D eigenvalue weighted by atomic mass is 19.3. The molecule has 1 saturated heterocycles. The third-order valence-electron chi connectivity index (χ3n) is 4.68. The highest BCUT2D eigenvalue weighted by Gasteiger charge is 2.41. The Morgan fingerprint density at radius 3 is 2.65 bits per heavy atom. The number of rotatable bonds is 4. The van der Waals surface area contributed by atoms with Crippen molar-refractivity contribution in [3.8, 4) is 5.75 Å². The predicted molar refractivity (Wildman–Crippen MR) is 94.4 cm³/mol. The van der Waals surface area contributed by atoms with Crippen LogP contribution in [0.25, 0.3) is 0 Å². The number of carbonyl (C=O) groups is 1. The van der Waals surface area contributed by atoms with E-state index in [9.17, 15) is 13.6 Å². The molecule has 2 atom stereocenters. The highest BCUT2D eigenvalue weighted by molar-refractivity contribution is 5.70. The first-order valence-electron chi connectivity index (χ1n) is 8.96. The van der Waals surface area contributed by atoms with Crippen LogP contribution in [0.2, 0.25) is 0 Å². The number of benzene rings is 1. The minimum Gasteiger partial charge on any atom is -0.444 e. The summed E-state index contributed by atoms with van der Waals surface area (Å²) in [5.74, 6) is 0.213. The Hall–Kier alpha value is -2.11. The molecule has 6 heteroatoms. The lowest BCUT2D eigenvalue weighted by Crippen LogP contribution is -2.45. The van der Waals surface area contributed by atoms with Gasteiger partial charge < -0.3 is 9.47 Å². The molecule has 2 aliphatic rings. The van der Waals surface area contributed by atoms with Crippen molar-refractivity contribution in [2.75, 3.05) is 0 Å². The standard InChI is InChI=1S/C20H25F2NO3/c1-20(2,3)26-19(24)23-15-8-9-16(23)12-13(11-15)10-14-6-4-5-7-17(14)25-18(21)22/h4-7,11,15-16,18H,8-10,12H2,1-3H3. The Morgan fingerprint density at radius 2 is 2.00 bits per heavy atom. The van der Waals surface area contributed by atoms with E-state index in [-0.39, 0.29) is 23.9 Å². The molecule has 2 bridgehead atoms. The van der Waals surface area contributed by atoms with Gasteiger partial charge in [0.15, 0.2) is 0 Å². The molecule has 1 aromatic rings. The average molecular weight is 365 g/mol. The molecule has 1 aromatic carbocycles. The fourth-order valence-electron chi connectivity index (χ4n) is 3.75. The van der Waals surface area contributed by atoms with Gasteiger partial charge in [0.05, 0.1) is 6.04 Å². The van der Waals surface area contributed by atoms with Crippen LogP contribution in [0, 0.1) is 0 Å². The Bertz CT molecular complexity index is 697. The summed E-state index contributed by atoms with van der Waals surface area (Å²) in [4.78, 5) is 14.3. The SMILES string of the molecule is CC(C)(C)OC(=O)N1C2C=C(Cc3ccccc3OC(F)F)CC1CC2. The summed E-state index contributed by atoms with van der Waals surface area (Å²) in [7, 11) is 0. The van der Waals surface area contributed by atoms with Gasteiger partial charge in [-0.3, -0.25) is 4.90 Å². The van der Waals surface area contributed by atoms with E-state index in [1.54, 1.807) is 18.2 Å². The Kier molecular flexibility index (Phi) is 5.21. The molecule has 0 saturated carbocycles. The zero-order valence-corrected chi connectivity index (χ0v) is 15.4. The molecule has 2 unspecified atom stereocenters. The largest absolute Gasteiger partial charge is 0.444 e. The van der Waals surface area contributed by atoms with Crippen LogP contribution in [-0.4, -0.2) is 35.3 Å². The molecule has 2 aliphatic heterocycles. The van der Waals surface area contributed by atoms with Crippen LogP contribution >= 0.6 is 0 Å². The van der Waals surface area contributed by atoms with Crippen molar-refractivity contribution in [1.29, 1.82) is 0 Å². The summed E-state index contributed by atoms with van der Waals surface area (Å²) < 4.78 is 35.3. The molecule has 0 spiro atoms. The number of ether oxygens (including phenoxy) is 2. The first kappa shape index (κ1) is 18.7. The summed E-state index contributed by atoms with van der Waals surface area (Å²) in [5, 5.41) is 0. The van der Waals surface area contributed by atoms with Gasteiger partial charge in [0.25, 0.3) is 0 Å². The van der Waals surface area contributed by atoms with Crippen LogP contribution in [-0.2, 0) is 11.2 Å². The van der Waals surface area contributed by atoms with Gasteiger partial charge in [0.2, 0.25) is 0 Å². The van der Waals surface area contributed by atoms with Crippen molar-refractivity contribution in [2.45, 2.75) is 70.8 Å². The zero-order chi connectivity index (χ0) is 18.9.